The lowest BCUT2D eigenvalue weighted by Crippen LogP contribution is -2.35. The quantitative estimate of drug-likeness (QED) is 0.614. The lowest BCUT2D eigenvalue weighted by Gasteiger charge is -2.30. The molecule has 0 spiro atoms. The molecule has 6 heteroatoms. The van der Waals surface area contributed by atoms with E-state index in [1.807, 2.05) is 28.5 Å². The molecule has 0 unspecified atom stereocenters. The van der Waals surface area contributed by atoms with Gasteiger partial charge in [0.1, 0.15) is 0 Å². The first-order chi connectivity index (χ1) is 13.5. The number of fused-ring (bicyclic) bond motifs is 1. The molecular weight excluding hydrogens is 392 g/mol. The molecule has 4 nitrogen and oxygen atoms in total. The van der Waals surface area contributed by atoms with Crippen LogP contribution in [0.25, 0.3) is 0 Å². The second kappa shape index (κ2) is 7.78. The number of carbonyl (C=O) groups is 2. The predicted molar refractivity (Wildman–Crippen MR) is 115 cm³/mol. The molecule has 1 aromatic heterocycles. The standard InChI is InChI=1S/C22H19ClN2O2S/c1-14-6-9-19-15(12-14)4-2-10-25(19)22(27)16-7-8-17(23)18(13-16)24-21(26)20-5-3-11-28-20/h3,5-9,11-13H,2,4,10H2,1H3,(H,24,26). The van der Waals surface area contributed by atoms with Crippen LogP contribution in [0.4, 0.5) is 11.4 Å². The van der Waals surface area contributed by atoms with E-state index in [2.05, 4.69) is 18.3 Å². The van der Waals surface area contributed by atoms with Crippen LogP contribution in [0.1, 0.15) is 37.6 Å². The van der Waals surface area contributed by atoms with Crippen molar-refractivity contribution in [3.8, 4) is 0 Å². The largest absolute Gasteiger partial charge is 0.320 e. The molecule has 0 atom stereocenters. The Balaban J connectivity index is 1.62. The summed E-state index contributed by atoms with van der Waals surface area (Å²) in [6, 6.07) is 14.7. The van der Waals surface area contributed by atoms with Crippen LogP contribution in [0.15, 0.2) is 53.9 Å². The SMILES string of the molecule is Cc1ccc2c(c1)CCCN2C(=O)c1ccc(Cl)c(NC(=O)c2cccs2)c1. The fraction of sp³-hybridized carbons (Fsp3) is 0.182. The average molecular weight is 411 g/mol. The second-order valence-corrected chi connectivity index (χ2v) is 8.17. The first kappa shape index (κ1) is 18.7. The Morgan fingerprint density at radius 1 is 1.14 bits per heavy atom. The van der Waals surface area contributed by atoms with Crippen molar-refractivity contribution in [2.75, 3.05) is 16.8 Å². The zero-order chi connectivity index (χ0) is 19.7. The fourth-order valence-corrected chi connectivity index (χ4v) is 4.22. The summed E-state index contributed by atoms with van der Waals surface area (Å²) in [4.78, 5) is 28.0. The van der Waals surface area contributed by atoms with E-state index >= 15 is 0 Å². The third kappa shape index (κ3) is 3.68. The Hall–Kier alpha value is -2.63. The van der Waals surface area contributed by atoms with Gasteiger partial charge < -0.3 is 10.2 Å². The summed E-state index contributed by atoms with van der Waals surface area (Å²) in [7, 11) is 0. The van der Waals surface area contributed by atoms with E-state index in [9.17, 15) is 9.59 Å². The maximum absolute atomic E-state index is 13.2. The molecule has 28 heavy (non-hydrogen) atoms. The minimum atomic E-state index is -0.236. The number of rotatable bonds is 3. The maximum Gasteiger partial charge on any atom is 0.265 e. The van der Waals surface area contributed by atoms with Gasteiger partial charge in [-0.2, -0.15) is 0 Å². The number of hydrogen-bond donors (Lipinski definition) is 1. The van der Waals surface area contributed by atoms with Crippen molar-refractivity contribution in [3.05, 3.63) is 80.5 Å². The number of halogens is 1. The molecule has 142 valence electrons. The van der Waals surface area contributed by atoms with E-state index in [1.54, 1.807) is 24.3 Å². The van der Waals surface area contributed by atoms with E-state index in [-0.39, 0.29) is 11.8 Å². The molecule has 4 rings (SSSR count). The number of hydrogen-bond acceptors (Lipinski definition) is 3. The summed E-state index contributed by atoms with van der Waals surface area (Å²) < 4.78 is 0. The molecule has 3 aromatic rings. The number of anilines is 2. The van der Waals surface area contributed by atoms with Crippen molar-refractivity contribution in [2.45, 2.75) is 19.8 Å². The van der Waals surface area contributed by atoms with Crippen LogP contribution >= 0.6 is 22.9 Å². The lowest BCUT2D eigenvalue weighted by molar-refractivity contribution is 0.0983. The molecule has 0 aliphatic carbocycles. The van der Waals surface area contributed by atoms with E-state index in [1.165, 1.54) is 22.5 Å². The summed E-state index contributed by atoms with van der Waals surface area (Å²) in [6.45, 7) is 2.73. The van der Waals surface area contributed by atoms with Gasteiger partial charge in [-0.3, -0.25) is 9.59 Å². The first-order valence-electron chi connectivity index (χ1n) is 9.09. The van der Waals surface area contributed by atoms with E-state index in [0.29, 0.717) is 27.7 Å². The molecule has 0 fully saturated rings. The summed E-state index contributed by atoms with van der Waals surface area (Å²) in [5, 5.41) is 5.04. The Morgan fingerprint density at radius 3 is 2.79 bits per heavy atom. The number of aryl methyl sites for hydroxylation is 2. The summed E-state index contributed by atoms with van der Waals surface area (Å²) in [6.07, 6.45) is 1.90. The zero-order valence-electron chi connectivity index (χ0n) is 15.4. The number of nitrogens with zero attached hydrogens (tertiary/aromatic N) is 1. The molecule has 0 radical (unpaired) electrons. The number of carbonyl (C=O) groups excluding carboxylic acids is 2. The molecule has 1 aliphatic heterocycles. The number of thiophene rings is 1. The second-order valence-electron chi connectivity index (χ2n) is 6.82. The molecule has 0 bridgehead atoms. The third-order valence-electron chi connectivity index (χ3n) is 4.81. The van der Waals surface area contributed by atoms with Gasteiger partial charge in [-0.05, 0) is 61.0 Å². The predicted octanol–water partition coefficient (Wildman–Crippen LogP) is 5.56. The highest BCUT2D eigenvalue weighted by molar-refractivity contribution is 7.12. The van der Waals surface area contributed by atoms with Crippen LogP contribution in [0.5, 0.6) is 0 Å². The third-order valence-corrected chi connectivity index (χ3v) is 6.00. The molecule has 2 amide bonds. The summed E-state index contributed by atoms with van der Waals surface area (Å²) in [5.74, 6) is -0.326. The van der Waals surface area contributed by atoms with Crippen LogP contribution in [0.3, 0.4) is 0 Å². The molecular formula is C22H19ClN2O2S. The Bertz CT molecular complexity index is 1050. The maximum atomic E-state index is 13.2. The zero-order valence-corrected chi connectivity index (χ0v) is 16.9. The van der Waals surface area contributed by atoms with Gasteiger partial charge in [0.2, 0.25) is 0 Å². The van der Waals surface area contributed by atoms with Gasteiger partial charge in [-0.25, -0.2) is 0 Å². The van der Waals surface area contributed by atoms with Crippen molar-refractivity contribution in [1.82, 2.24) is 0 Å². The Labute approximate surface area is 172 Å². The van der Waals surface area contributed by atoms with E-state index in [0.717, 1.165) is 18.5 Å². The monoisotopic (exact) mass is 410 g/mol. The van der Waals surface area contributed by atoms with Crippen LogP contribution in [0, 0.1) is 6.92 Å². The Kier molecular flexibility index (Phi) is 5.20. The van der Waals surface area contributed by atoms with Gasteiger partial charge in [0.15, 0.2) is 0 Å². The normalized spacial score (nSPS) is 13.1. The van der Waals surface area contributed by atoms with Gasteiger partial charge in [-0.1, -0.05) is 35.4 Å². The molecule has 0 saturated heterocycles. The smallest absolute Gasteiger partial charge is 0.265 e. The highest BCUT2D eigenvalue weighted by Gasteiger charge is 2.24. The van der Waals surface area contributed by atoms with Gasteiger partial charge in [0.25, 0.3) is 11.8 Å². The number of amides is 2. The highest BCUT2D eigenvalue weighted by Crippen LogP contribution is 2.31. The van der Waals surface area contributed by atoms with Crippen molar-refractivity contribution in [3.63, 3.8) is 0 Å². The van der Waals surface area contributed by atoms with E-state index in [4.69, 9.17) is 11.6 Å². The van der Waals surface area contributed by atoms with Gasteiger partial charge in [-0.15, -0.1) is 11.3 Å². The Morgan fingerprint density at radius 2 is 2.00 bits per heavy atom. The van der Waals surface area contributed by atoms with Crippen LogP contribution < -0.4 is 10.2 Å². The molecule has 1 aliphatic rings. The molecule has 0 saturated carbocycles. The minimum absolute atomic E-state index is 0.0897. The number of benzene rings is 2. The fourth-order valence-electron chi connectivity index (χ4n) is 3.44. The topological polar surface area (TPSA) is 49.4 Å². The van der Waals surface area contributed by atoms with Crippen molar-refractivity contribution in [1.29, 1.82) is 0 Å². The summed E-state index contributed by atoms with van der Waals surface area (Å²) in [5.41, 5.74) is 4.28. The average Bonchev–Trinajstić information content (AvgIpc) is 3.23. The molecule has 2 aromatic carbocycles. The highest BCUT2D eigenvalue weighted by atomic mass is 35.5. The molecule has 2 heterocycles. The van der Waals surface area contributed by atoms with Crippen LogP contribution in [-0.2, 0) is 6.42 Å². The van der Waals surface area contributed by atoms with Gasteiger partial charge in [0, 0.05) is 17.8 Å². The minimum Gasteiger partial charge on any atom is -0.320 e. The van der Waals surface area contributed by atoms with E-state index < -0.39 is 0 Å². The van der Waals surface area contributed by atoms with Crippen LogP contribution in [-0.4, -0.2) is 18.4 Å². The summed E-state index contributed by atoms with van der Waals surface area (Å²) >= 11 is 7.61. The molecule has 1 N–H and O–H groups in total. The van der Waals surface area contributed by atoms with Crippen molar-refractivity contribution >= 4 is 46.1 Å². The van der Waals surface area contributed by atoms with Crippen LogP contribution in [0.2, 0.25) is 5.02 Å². The van der Waals surface area contributed by atoms with Gasteiger partial charge in [0.05, 0.1) is 15.6 Å². The first-order valence-corrected chi connectivity index (χ1v) is 10.3. The lowest BCUT2D eigenvalue weighted by atomic mass is 9.98. The van der Waals surface area contributed by atoms with Crippen molar-refractivity contribution in [2.24, 2.45) is 0 Å². The van der Waals surface area contributed by atoms with Crippen molar-refractivity contribution < 1.29 is 9.59 Å². The number of nitrogens with one attached hydrogen (secondary N) is 1. The van der Waals surface area contributed by atoms with Gasteiger partial charge >= 0.3 is 0 Å².